The molecule has 0 bridgehead atoms. The molecule has 0 aromatic heterocycles. The van der Waals surface area contributed by atoms with Crippen LogP contribution in [0.5, 0.6) is 0 Å². The molecular weight excluding hydrogens is 225 g/mol. The van der Waals surface area contributed by atoms with E-state index in [0.29, 0.717) is 0 Å². The number of likely N-dealkylation sites (tertiary alicyclic amines) is 1. The molecular formula is C8H19Cl2N3O. The summed E-state index contributed by atoms with van der Waals surface area (Å²) in [7, 11) is 0. The fourth-order valence-corrected chi connectivity index (χ4v) is 1.45. The summed E-state index contributed by atoms with van der Waals surface area (Å²) in [5, 5.41) is 0. The minimum Gasteiger partial charge on any atom is -0.341 e. The van der Waals surface area contributed by atoms with E-state index < -0.39 is 6.04 Å². The van der Waals surface area contributed by atoms with Gasteiger partial charge in [0.05, 0.1) is 6.04 Å². The van der Waals surface area contributed by atoms with Crippen LogP contribution in [0, 0.1) is 0 Å². The van der Waals surface area contributed by atoms with Crippen LogP contribution >= 0.6 is 24.8 Å². The van der Waals surface area contributed by atoms with Crippen molar-refractivity contribution < 1.29 is 4.79 Å². The maximum Gasteiger partial charge on any atom is 0.240 e. The second kappa shape index (κ2) is 8.29. The molecule has 86 valence electrons. The van der Waals surface area contributed by atoms with Gasteiger partial charge in [-0.15, -0.1) is 24.8 Å². The first-order valence-electron chi connectivity index (χ1n) is 4.50. The van der Waals surface area contributed by atoms with Crippen LogP contribution < -0.4 is 11.5 Å². The summed E-state index contributed by atoms with van der Waals surface area (Å²) in [5.41, 5.74) is 10.8. The Morgan fingerprint density at radius 3 is 2.14 bits per heavy atom. The fraction of sp³-hybridized carbons (Fsp3) is 0.875. The number of piperidine rings is 1. The average Bonchev–Trinajstić information content (AvgIpc) is 2.17. The maximum absolute atomic E-state index is 11.5. The zero-order valence-electron chi connectivity index (χ0n) is 8.15. The number of hydrogen-bond donors (Lipinski definition) is 2. The zero-order valence-corrected chi connectivity index (χ0v) is 9.78. The van der Waals surface area contributed by atoms with Crippen LogP contribution in [0.15, 0.2) is 0 Å². The number of carbonyl (C=O) groups excluding carboxylic acids is 1. The highest BCUT2D eigenvalue weighted by molar-refractivity contribution is 5.85. The highest BCUT2D eigenvalue weighted by Crippen LogP contribution is 2.09. The lowest BCUT2D eigenvalue weighted by molar-refractivity contribution is -0.133. The summed E-state index contributed by atoms with van der Waals surface area (Å²) >= 11 is 0. The van der Waals surface area contributed by atoms with Crippen molar-refractivity contribution in [3.05, 3.63) is 0 Å². The Kier molecular flexibility index (Phi) is 9.72. The third-order valence-electron chi connectivity index (χ3n) is 2.24. The SMILES string of the molecule is Cl.Cl.NC[C@@H](N)C(=O)N1CCCCC1. The number of nitrogens with zero attached hydrogens (tertiary/aromatic N) is 1. The molecule has 4 N–H and O–H groups in total. The number of amides is 1. The number of halogens is 2. The van der Waals surface area contributed by atoms with Crippen molar-refractivity contribution >= 4 is 30.7 Å². The molecule has 1 atom stereocenters. The molecule has 14 heavy (non-hydrogen) atoms. The van der Waals surface area contributed by atoms with Gasteiger partial charge in [0.25, 0.3) is 0 Å². The van der Waals surface area contributed by atoms with Crippen LogP contribution in [0.3, 0.4) is 0 Å². The first-order valence-corrected chi connectivity index (χ1v) is 4.50. The minimum absolute atomic E-state index is 0. The van der Waals surface area contributed by atoms with E-state index in [-0.39, 0.29) is 37.3 Å². The van der Waals surface area contributed by atoms with E-state index in [0.717, 1.165) is 25.9 Å². The third-order valence-corrected chi connectivity index (χ3v) is 2.24. The fourth-order valence-electron chi connectivity index (χ4n) is 1.45. The predicted molar refractivity (Wildman–Crippen MR) is 62.0 cm³/mol. The Balaban J connectivity index is 0. The van der Waals surface area contributed by atoms with E-state index in [1.165, 1.54) is 6.42 Å². The molecule has 0 saturated carbocycles. The summed E-state index contributed by atoms with van der Waals surface area (Å²) in [5.74, 6) is 0.0113. The first kappa shape index (κ1) is 16.4. The second-order valence-electron chi connectivity index (χ2n) is 3.23. The Bertz CT molecular complexity index is 163. The van der Waals surface area contributed by atoms with Gasteiger partial charge in [-0.25, -0.2) is 0 Å². The number of nitrogens with two attached hydrogens (primary N) is 2. The molecule has 0 aliphatic carbocycles. The van der Waals surface area contributed by atoms with Crippen LogP contribution in [0.25, 0.3) is 0 Å². The van der Waals surface area contributed by atoms with Crippen molar-refractivity contribution in [2.24, 2.45) is 11.5 Å². The third kappa shape index (κ3) is 4.46. The lowest BCUT2D eigenvalue weighted by atomic mass is 10.1. The second-order valence-corrected chi connectivity index (χ2v) is 3.23. The monoisotopic (exact) mass is 243 g/mol. The van der Waals surface area contributed by atoms with Crippen LogP contribution in [-0.2, 0) is 4.79 Å². The standard InChI is InChI=1S/C8H17N3O.2ClH/c9-6-7(10)8(12)11-4-2-1-3-5-11;;/h7H,1-6,9-10H2;2*1H/t7-;;/m1../s1. The molecule has 1 fully saturated rings. The molecule has 0 unspecified atom stereocenters. The van der Waals surface area contributed by atoms with Gasteiger partial charge in [-0.2, -0.15) is 0 Å². The molecule has 1 amide bonds. The molecule has 0 radical (unpaired) electrons. The topological polar surface area (TPSA) is 72.3 Å². The smallest absolute Gasteiger partial charge is 0.240 e. The largest absolute Gasteiger partial charge is 0.341 e. The van der Waals surface area contributed by atoms with E-state index in [4.69, 9.17) is 11.5 Å². The summed E-state index contributed by atoms with van der Waals surface area (Å²) in [4.78, 5) is 13.3. The molecule has 4 nitrogen and oxygen atoms in total. The van der Waals surface area contributed by atoms with E-state index in [9.17, 15) is 4.79 Å². The molecule has 1 rings (SSSR count). The van der Waals surface area contributed by atoms with E-state index in [1.807, 2.05) is 4.90 Å². The summed E-state index contributed by atoms with van der Waals surface area (Å²) in [6.07, 6.45) is 3.42. The molecule has 0 aromatic carbocycles. The van der Waals surface area contributed by atoms with Gasteiger partial charge in [0.1, 0.15) is 0 Å². The van der Waals surface area contributed by atoms with Crippen LogP contribution in [0.2, 0.25) is 0 Å². The zero-order chi connectivity index (χ0) is 8.97. The lowest BCUT2D eigenvalue weighted by Gasteiger charge is -2.28. The van der Waals surface area contributed by atoms with Crippen molar-refractivity contribution in [2.75, 3.05) is 19.6 Å². The molecule has 1 heterocycles. The van der Waals surface area contributed by atoms with E-state index in [1.54, 1.807) is 0 Å². The van der Waals surface area contributed by atoms with Crippen molar-refractivity contribution in [1.82, 2.24) is 4.90 Å². The first-order chi connectivity index (χ1) is 5.75. The van der Waals surface area contributed by atoms with Gasteiger partial charge in [0.15, 0.2) is 0 Å². The van der Waals surface area contributed by atoms with Crippen molar-refractivity contribution in [1.29, 1.82) is 0 Å². The number of carbonyl (C=O) groups is 1. The lowest BCUT2D eigenvalue weighted by Crippen LogP contribution is -2.49. The number of rotatable bonds is 2. The Morgan fingerprint density at radius 1 is 1.21 bits per heavy atom. The minimum atomic E-state index is -0.497. The van der Waals surface area contributed by atoms with Gasteiger partial charge in [-0.05, 0) is 19.3 Å². The quantitative estimate of drug-likeness (QED) is 0.725. The predicted octanol–water partition coefficient (Wildman–Crippen LogP) is 0.128. The Labute approximate surface area is 97.2 Å². The highest BCUT2D eigenvalue weighted by Gasteiger charge is 2.20. The van der Waals surface area contributed by atoms with Crippen molar-refractivity contribution in [3.8, 4) is 0 Å². The summed E-state index contributed by atoms with van der Waals surface area (Å²) in [6.45, 7) is 1.95. The normalized spacial score (nSPS) is 17.7. The molecule has 1 aliphatic rings. The maximum atomic E-state index is 11.5. The molecule has 6 heteroatoms. The Morgan fingerprint density at radius 2 is 1.71 bits per heavy atom. The van der Waals surface area contributed by atoms with Gasteiger partial charge >= 0.3 is 0 Å². The molecule has 1 saturated heterocycles. The van der Waals surface area contributed by atoms with Gasteiger partial charge in [0, 0.05) is 19.6 Å². The van der Waals surface area contributed by atoms with Crippen LogP contribution in [-0.4, -0.2) is 36.5 Å². The Hall–Kier alpha value is -0.0300. The van der Waals surface area contributed by atoms with Crippen molar-refractivity contribution in [2.45, 2.75) is 25.3 Å². The summed E-state index contributed by atoms with van der Waals surface area (Å²) < 4.78 is 0. The van der Waals surface area contributed by atoms with Gasteiger partial charge in [-0.3, -0.25) is 4.79 Å². The van der Waals surface area contributed by atoms with Crippen molar-refractivity contribution in [3.63, 3.8) is 0 Å². The van der Waals surface area contributed by atoms with Crippen LogP contribution in [0.1, 0.15) is 19.3 Å². The molecule has 0 aromatic rings. The van der Waals surface area contributed by atoms with E-state index >= 15 is 0 Å². The average molecular weight is 244 g/mol. The number of hydrogen-bond acceptors (Lipinski definition) is 3. The molecule has 1 aliphatic heterocycles. The molecule has 0 spiro atoms. The highest BCUT2D eigenvalue weighted by atomic mass is 35.5. The van der Waals surface area contributed by atoms with Gasteiger partial charge < -0.3 is 16.4 Å². The van der Waals surface area contributed by atoms with Crippen LogP contribution in [0.4, 0.5) is 0 Å². The van der Waals surface area contributed by atoms with E-state index in [2.05, 4.69) is 0 Å². The van der Waals surface area contributed by atoms with Gasteiger partial charge in [-0.1, -0.05) is 0 Å². The summed E-state index contributed by atoms with van der Waals surface area (Å²) in [6, 6.07) is -0.497. The van der Waals surface area contributed by atoms with Gasteiger partial charge in [0.2, 0.25) is 5.91 Å².